The fraction of sp³-hybridized carbons (Fsp3) is 0.189. The number of hydrogen-bond acceptors (Lipinski definition) is 2. The summed E-state index contributed by atoms with van der Waals surface area (Å²) in [5.74, 6) is 0. The van der Waals surface area contributed by atoms with E-state index < -0.39 is 0 Å². The number of aromatic nitrogens is 2. The maximum absolute atomic E-state index is 12.7. The number of nitrogens with one attached hydrogen (secondary N) is 1. The Morgan fingerprint density at radius 3 is 1.63 bits per heavy atom. The summed E-state index contributed by atoms with van der Waals surface area (Å²) in [6, 6.07) is 28.6. The Morgan fingerprint density at radius 1 is 0.537 bits per heavy atom. The van der Waals surface area contributed by atoms with Gasteiger partial charge in [0.25, 0.3) is 11.1 Å². The highest BCUT2D eigenvalue weighted by atomic mass is 16.1. The van der Waals surface area contributed by atoms with E-state index in [0.717, 1.165) is 43.9 Å². The highest BCUT2D eigenvalue weighted by Gasteiger charge is 2.08. The van der Waals surface area contributed by atoms with E-state index in [9.17, 15) is 9.59 Å². The second-order valence-corrected chi connectivity index (χ2v) is 10.9. The van der Waals surface area contributed by atoms with Crippen molar-refractivity contribution in [3.8, 4) is 5.69 Å². The number of pyridine rings is 2. The zero-order chi connectivity index (χ0) is 29.7. The molecule has 0 unspecified atom stereocenters. The molecule has 0 saturated carbocycles. The van der Waals surface area contributed by atoms with Gasteiger partial charge in [-0.05, 0) is 100 Å². The van der Waals surface area contributed by atoms with Gasteiger partial charge in [0, 0.05) is 23.5 Å². The molecule has 4 nitrogen and oxygen atoms in total. The summed E-state index contributed by atoms with van der Waals surface area (Å²) in [7, 11) is 0. The van der Waals surface area contributed by atoms with Crippen LogP contribution in [0.4, 0.5) is 0 Å². The number of hydrogen-bond donors (Lipinski definition) is 1. The third-order valence-corrected chi connectivity index (χ3v) is 7.01. The molecule has 6 aromatic rings. The van der Waals surface area contributed by atoms with Crippen LogP contribution < -0.4 is 11.1 Å². The number of H-pyrrole nitrogens is 1. The van der Waals surface area contributed by atoms with Crippen LogP contribution in [0.15, 0.2) is 107 Å². The fourth-order valence-corrected chi connectivity index (χ4v) is 5.28. The molecule has 0 aliphatic heterocycles. The number of rotatable bonds is 1. The van der Waals surface area contributed by atoms with E-state index in [1.807, 2.05) is 82.4 Å². The first kappa shape index (κ1) is 29.3. The van der Waals surface area contributed by atoms with Crippen molar-refractivity contribution >= 4 is 21.5 Å². The Morgan fingerprint density at radius 2 is 1.07 bits per heavy atom. The van der Waals surface area contributed by atoms with Gasteiger partial charge in [-0.1, -0.05) is 82.9 Å². The van der Waals surface area contributed by atoms with Crippen molar-refractivity contribution in [3.63, 3.8) is 0 Å². The van der Waals surface area contributed by atoms with Crippen molar-refractivity contribution in [3.05, 3.63) is 157 Å². The van der Waals surface area contributed by atoms with E-state index in [0.29, 0.717) is 0 Å². The van der Waals surface area contributed by atoms with Gasteiger partial charge in [-0.2, -0.15) is 0 Å². The Kier molecular flexibility index (Phi) is 9.04. The lowest BCUT2D eigenvalue weighted by atomic mass is 10.0. The minimum absolute atomic E-state index is 0.00463. The molecule has 0 bridgehead atoms. The molecule has 0 spiro atoms. The smallest absolute Gasteiger partial charge is 0.263 e. The average molecular weight is 543 g/mol. The molecule has 0 atom stereocenters. The SMILES string of the molecule is Cc1cc(C)c2c(=O)[nH]ccc2c1.Cc1cccc(-n2ccc3cc(C)cc(C)c3c2=O)c1.Cc1cccc(C)c1. The fourth-order valence-electron chi connectivity index (χ4n) is 5.28. The predicted molar refractivity (Wildman–Crippen MR) is 174 cm³/mol. The maximum Gasteiger partial charge on any atom is 0.263 e. The van der Waals surface area contributed by atoms with Gasteiger partial charge >= 0.3 is 0 Å². The van der Waals surface area contributed by atoms with Crippen molar-refractivity contribution in [2.24, 2.45) is 0 Å². The molecular weight excluding hydrogens is 504 g/mol. The van der Waals surface area contributed by atoms with E-state index in [-0.39, 0.29) is 11.1 Å². The van der Waals surface area contributed by atoms with Gasteiger partial charge in [0.15, 0.2) is 0 Å². The van der Waals surface area contributed by atoms with Gasteiger partial charge in [0.05, 0.1) is 5.39 Å². The molecule has 41 heavy (non-hydrogen) atoms. The lowest BCUT2D eigenvalue weighted by Gasteiger charge is -2.10. The van der Waals surface area contributed by atoms with E-state index in [2.05, 4.69) is 62.2 Å². The quantitative estimate of drug-likeness (QED) is 0.227. The molecule has 0 radical (unpaired) electrons. The van der Waals surface area contributed by atoms with Gasteiger partial charge in [-0.25, -0.2) is 0 Å². The first-order valence-corrected chi connectivity index (χ1v) is 13.8. The van der Waals surface area contributed by atoms with Crippen LogP contribution in [0.5, 0.6) is 0 Å². The number of aryl methyl sites for hydroxylation is 7. The topological polar surface area (TPSA) is 54.9 Å². The Balaban J connectivity index is 0.000000158. The molecule has 2 heterocycles. The first-order valence-electron chi connectivity index (χ1n) is 13.8. The zero-order valence-corrected chi connectivity index (χ0v) is 25.0. The Labute approximate surface area is 242 Å². The minimum Gasteiger partial charge on any atom is -0.329 e. The van der Waals surface area contributed by atoms with Crippen LogP contribution in [0.1, 0.15) is 38.9 Å². The Hall–Kier alpha value is -4.70. The van der Waals surface area contributed by atoms with Crippen molar-refractivity contribution in [2.75, 3.05) is 0 Å². The summed E-state index contributed by atoms with van der Waals surface area (Å²) in [6.07, 6.45) is 3.54. The average Bonchev–Trinajstić information content (AvgIpc) is 2.89. The largest absolute Gasteiger partial charge is 0.329 e. The minimum atomic E-state index is -0.00463. The van der Waals surface area contributed by atoms with Crippen molar-refractivity contribution in [2.45, 2.75) is 48.5 Å². The zero-order valence-electron chi connectivity index (χ0n) is 25.0. The second-order valence-electron chi connectivity index (χ2n) is 10.9. The van der Waals surface area contributed by atoms with Gasteiger partial charge in [-0.15, -0.1) is 0 Å². The molecule has 0 aliphatic carbocycles. The summed E-state index contributed by atoms with van der Waals surface area (Å²) in [5.41, 5.74) is 9.23. The summed E-state index contributed by atoms with van der Waals surface area (Å²) in [6.45, 7) is 14.3. The molecule has 6 rings (SSSR count). The lowest BCUT2D eigenvalue weighted by molar-refractivity contribution is 1.00. The number of aromatic amines is 1. The summed E-state index contributed by atoms with van der Waals surface area (Å²) in [5, 5.41) is 3.63. The second kappa shape index (κ2) is 12.6. The first-order chi connectivity index (χ1) is 19.5. The highest BCUT2D eigenvalue weighted by molar-refractivity contribution is 5.86. The van der Waals surface area contributed by atoms with Crippen LogP contribution in [-0.4, -0.2) is 9.55 Å². The monoisotopic (exact) mass is 542 g/mol. The van der Waals surface area contributed by atoms with Crippen LogP contribution in [0.25, 0.3) is 27.2 Å². The van der Waals surface area contributed by atoms with E-state index in [1.54, 1.807) is 10.8 Å². The van der Waals surface area contributed by atoms with E-state index in [1.165, 1.54) is 22.3 Å². The summed E-state index contributed by atoms with van der Waals surface area (Å²) < 4.78 is 1.72. The molecule has 0 fully saturated rings. The molecule has 2 aromatic heterocycles. The molecule has 4 aromatic carbocycles. The normalized spacial score (nSPS) is 10.5. The molecule has 0 saturated heterocycles. The molecule has 4 heteroatoms. The molecule has 0 aliphatic rings. The third-order valence-electron chi connectivity index (χ3n) is 7.01. The van der Waals surface area contributed by atoms with E-state index >= 15 is 0 Å². The van der Waals surface area contributed by atoms with Gasteiger partial charge in [0.1, 0.15) is 0 Å². The van der Waals surface area contributed by atoms with E-state index in [4.69, 9.17) is 0 Å². The number of nitrogens with zero attached hydrogens (tertiary/aromatic N) is 1. The predicted octanol–water partition coefficient (Wildman–Crippen LogP) is 8.36. The van der Waals surface area contributed by atoms with Crippen molar-refractivity contribution < 1.29 is 0 Å². The highest BCUT2D eigenvalue weighted by Crippen LogP contribution is 2.19. The number of fused-ring (bicyclic) bond motifs is 2. The van der Waals surface area contributed by atoms with Crippen LogP contribution >= 0.6 is 0 Å². The van der Waals surface area contributed by atoms with Crippen molar-refractivity contribution in [1.82, 2.24) is 9.55 Å². The standard InChI is InChI=1S/C18H17NO.C11H11NO.C8H10/c1-12-5-4-6-16(11-12)19-8-7-15-10-13(2)9-14(3)17(15)18(19)20;1-7-5-8(2)10-9(6-7)3-4-12-11(10)13;1-7-4-3-5-8(2)6-7/h4-11H,1-3H3;3-6H,1-2H3,(H,12,13);3-6H,1-2H3. The third kappa shape index (κ3) is 7.09. The lowest BCUT2D eigenvalue weighted by Crippen LogP contribution is -2.18. The van der Waals surface area contributed by atoms with Gasteiger partial charge in [-0.3, -0.25) is 14.2 Å². The van der Waals surface area contributed by atoms with Crippen molar-refractivity contribution in [1.29, 1.82) is 0 Å². The maximum atomic E-state index is 12.7. The van der Waals surface area contributed by atoms with Gasteiger partial charge < -0.3 is 4.98 Å². The summed E-state index contributed by atoms with van der Waals surface area (Å²) in [4.78, 5) is 26.9. The molecule has 1 N–H and O–H groups in total. The molecule has 208 valence electrons. The molecular formula is C37H38N2O2. The van der Waals surface area contributed by atoms with Gasteiger partial charge in [0.2, 0.25) is 0 Å². The summed E-state index contributed by atoms with van der Waals surface area (Å²) >= 11 is 0. The molecule has 0 amide bonds. The number of benzene rings is 4. The van der Waals surface area contributed by atoms with Crippen LogP contribution in [0, 0.1) is 48.5 Å². The van der Waals surface area contributed by atoms with Crippen LogP contribution in [-0.2, 0) is 0 Å². The van der Waals surface area contributed by atoms with Crippen LogP contribution in [0.3, 0.4) is 0 Å². The van der Waals surface area contributed by atoms with Crippen LogP contribution in [0.2, 0.25) is 0 Å². The Bertz CT molecular complexity index is 1940.